The van der Waals surface area contributed by atoms with Crippen molar-refractivity contribution in [3.63, 3.8) is 0 Å². The highest BCUT2D eigenvalue weighted by Gasteiger charge is 2.22. The van der Waals surface area contributed by atoms with E-state index in [1.54, 1.807) is 11.7 Å². The number of carbonyl (C=O) groups is 1. The molecule has 1 aliphatic carbocycles. The largest absolute Gasteiger partial charge is 0.496 e. The molecule has 1 aromatic carbocycles. The predicted octanol–water partition coefficient (Wildman–Crippen LogP) is 1.18. The van der Waals surface area contributed by atoms with E-state index in [9.17, 15) is 9.59 Å². The molecule has 0 atom stereocenters. The van der Waals surface area contributed by atoms with E-state index in [1.807, 2.05) is 24.3 Å². The van der Waals surface area contributed by atoms with Crippen molar-refractivity contribution >= 4 is 17.7 Å². The molecule has 7 nitrogen and oxygen atoms in total. The van der Waals surface area contributed by atoms with Crippen molar-refractivity contribution in [3.8, 4) is 5.75 Å². The van der Waals surface area contributed by atoms with Gasteiger partial charge in [-0.1, -0.05) is 30.0 Å². The van der Waals surface area contributed by atoms with Crippen LogP contribution in [0.4, 0.5) is 0 Å². The fraction of sp³-hybridized carbons (Fsp3) is 0.450. The lowest BCUT2D eigenvalue weighted by Gasteiger charge is -2.13. The molecule has 1 amide bonds. The van der Waals surface area contributed by atoms with E-state index in [2.05, 4.69) is 10.3 Å². The number of rotatable bonds is 9. The lowest BCUT2D eigenvalue weighted by Crippen LogP contribution is -2.29. The summed E-state index contributed by atoms with van der Waals surface area (Å²) >= 11 is 1.31. The van der Waals surface area contributed by atoms with E-state index in [1.165, 1.54) is 11.8 Å². The standard InChI is InChI=1S/C20H25N3O4S/c1-27-17-8-3-2-5-14(17)9-10-21-18(25)13-28-19-15-6-4-7-16(15)23(11-12-24)20(26)22-19/h2-3,5,8,24H,4,6-7,9-13H2,1H3,(H,21,25). The van der Waals surface area contributed by atoms with E-state index in [4.69, 9.17) is 9.84 Å². The Kier molecular flexibility index (Phi) is 7.11. The number of aliphatic hydroxyl groups excluding tert-OH is 1. The molecule has 2 aromatic rings. The number of thioether (sulfide) groups is 1. The molecule has 0 saturated carbocycles. The summed E-state index contributed by atoms with van der Waals surface area (Å²) < 4.78 is 6.87. The molecule has 0 radical (unpaired) electrons. The maximum atomic E-state index is 12.2. The number of para-hydroxylation sites is 1. The van der Waals surface area contributed by atoms with E-state index in [0.717, 1.165) is 41.8 Å². The van der Waals surface area contributed by atoms with Crippen LogP contribution < -0.4 is 15.7 Å². The zero-order chi connectivity index (χ0) is 19.9. The SMILES string of the molecule is COc1ccccc1CCNC(=O)CSc1nc(=O)n(CCO)c2c1CCC2. The molecule has 0 bridgehead atoms. The van der Waals surface area contributed by atoms with Crippen LogP contribution in [-0.4, -0.2) is 46.6 Å². The van der Waals surface area contributed by atoms with E-state index in [0.29, 0.717) is 18.0 Å². The molecule has 150 valence electrons. The number of hydrogen-bond acceptors (Lipinski definition) is 6. The van der Waals surface area contributed by atoms with Gasteiger partial charge in [-0.05, 0) is 37.3 Å². The van der Waals surface area contributed by atoms with Gasteiger partial charge in [0.2, 0.25) is 5.91 Å². The fourth-order valence-electron chi connectivity index (χ4n) is 3.47. The quantitative estimate of drug-likeness (QED) is 0.483. The number of carbonyl (C=O) groups excluding carboxylic acids is 1. The first-order valence-corrected chi connectivity index (χ1v) is 10.4. The van der Waals surface area contributed by atoms with Crippen LogP contribution in [0, 0.1) is 0 Å². The molecule has 0 unspecified atom stereocenters. The van der Waals surface area contributed by atoms with Gasteiger partial charge in [0.15, 0.2) is 0 Å². The van der Waals surface area contributed by atoms with Crippen LogP contribution in [0.15, 0.2) is 34.1 Å². The van der Waals surface area contributed by atoms with Gasteiger partial charge in [-0.3, -0.25) is 9.36 Å². The number of fused-ring (bicyclic) bond motifs is 1. The smallest absolute Gasteiger partial charge is 0.348 e. The van der Waals surface area contributed by atoms with Crippen LogP contribution in [0.25, 0.3) is 0 Å². The first-order valence-electron chi connectivity index (χ1n) is 9.39. The molecule has 0 aliphatic heterocycles. The number of aliphatic hydroxyl groups is 1. The average Bonchev–Trinajstić information content (AvgIpc) is 3.19. The first kappa shape index (κ1) is 20.4. The average molecular weight is 404 g/mol. The topological polar surface area (TPSA) is 93.5 Å². The second-order valence-corrected chi connectivity index (χ2v) is 7.52. The Morgan fingerprint density at radius 3 is 2.96 bits per heavy atom. The number of aromatic nitrogens is 2. The summed E-state index contributed by atoms with van der Waals surface area (Å²) in [5.41, 5.74) is 2.69. The Morgan fingerprint density at radius 2 is 2.18 bits per heavy atom. The van der Waals surface area contributed by atoms with Crippen molar-refractivity contribution in [2.45, 2.75) is 37.3 Å². The highest BCUT2D eigenvalue weighted by atomic mass is 32.2. The lowest BCUT2D eigenvalue weighted by molar-refractivity contribution is -0.118. The van der Waals surface area contributed by atoms with E-state index < -0.39 is 0 Å². The highest BCUT2D eigenvalue weighted by Crippen LogP contribution is 2.29. The summed E-state index contributed by atoms with van der Waals surface area (Å²) in [6.07, 6.45) is 3.31. The highest BCUT2D eigenvalue weighted by molar-refractivity contribution is 7.99. The van der Waals surface area contributed by atoms with Crippen LogP contribution in [-0.2, 0) is 30.6 Å². The summed E-state index contributed by atoms with van der Waals surface area (Å²) in [6, 6.07) is 7.74. The maximum absolute atomic E-state index is 12.2. The molecule has 8 heteroatoms. The molecule has 0 saturated heterocycles. The van der Waals surface area contributed by atoms with Crippen molar-refractivity contribution in [2.24, 2.45) is 0 Å². The summed E-state index contributed by atoms with van der Waals surface area (Å²) in [5, 5.41) is 12.7. The molecule has 3 rings (SSSR count). The van der Waals surface area contributed by atoms with Gasteiger partial charge in [0.1, 0.15) is 10.8 Å². The third kappa shape index (κ3) is 4.74. The molecule has 0 fully saturated rings. The van der Waals surface area contributed by atoms with Gasteiger partial charge in [0.25, 0.3) is 0 Å². The van der Waals surface area contributed by atoms with Crippen molar-refractivity contribution in [2.75, 3.05) is 26.0 Å². The Balaban J connectivity index is 1.56. The normalized spacial score (nSPS) is 12.6. The van der Waals surface area contributed by atoms with Crippen molar-refractivity contribution < 1.29 is 14.6 Å². The van der Waals surface area contributed by atoms with Gasteiger partial charge < -0.3 is 15.2 Å². The number of amides is 1. The Morgan fingerprint density at radius 1 is 1.36 bits per heavy atom. The maximum Gasteiger partial charge on any atom is 0.348 e. The number of ether oxygens (including phenoxy) is 1. The van der Waals surface area contributed by atoms with Crippen LogP contribution in [0.1, 0.15) is 23.2 Å². The second-order valence-electron chi connectivity index (χ2n) is 6.55. The molecular formula is C20H25N3O4S. The zero-order valence-corrected chi connectivity index (χ0v) is 16.8. The third-order valence-corrected chi connectivity index (χ3v) is 5.79. The number of methoxy groups -OCH3 is 1. The van der Waals surface area contributed by atoms with Gasteiger partial charge in [-0.2, -0.15) is 4.98 Å². The molecule has 2 N–H and O–H groups in total. The molecule has 1 aliphatic rings. The van der Waals surface area contributed by atoms with Gasteiger partial charge in [-0.15, -0.1) is 0 Å². The summed E-state index contributed by atoms with van der Waals surface area (Å²) in [6.45, 7) is 0.696. The second kappa shape index (κ2) is 9.75. The van der Waals surface area contributed by atoms with Gasteiger partial charge >= 0.3 is 5.69 Å². The van der Waals surface area contributed by atoms with Crippen molar-refractivity contribution in [3.05, 3.63) is 51.6 Å². The van der Waals surface area contributed by atoms with Crippen LogP contribution in [0.5, 0.6) is 5.75 Å². The summed E-state index contributed by atoms with van der Waals surface area (Å²) in [4.78, 5) is 28.6. The first-order chi connectivity index (χ1) is 13.6. The van der Waals surface area contributed by atoms with Crippen LogP contribution in [0.2, 0.25) is 0 Å². The lowest BCUT2D eigenvalue weighted by atomic mass is 10.1. The minimum absolute atomic E-state index is 0.0882. The summed E-state index contributed by atoms with van der Waals surface area (Å²) in [5.74, 6) is 0.941. The minimum atomic E-state index is -0.353. The summed E-state index contributed by atoms with van der Waals surface area (Å²) in [7, 11) is 1.63. The van der Waals surface area contributed by atoms with Crippen LogP contribution in [0.3, 0.4) is 0 Å². The Labute approximate surface area is 168 Å². The predicted molar refractivity (Wildman–Crippen MR) is 108 cm³/mol. The number of nitrogens with one attached hydrogen (secondary N) is 1. The minimum Gasteiger partial charge on any atom is -0.496 e. The van der Waals surface area contributed by atoms with E-state index in [-0.39, 0.29) is 30.5 Å². The zero-order valence-electron chi connectivity index (χ0n) is 15.9. The van der Waals surface area contributed by atoms with E-state index >= 15 is 0 Å². The van der Waals surface area contributed by atoms with Gasteiger partial charge in [0, 0.05) is 17.8 Å². The Bertz CT molecular complexity index is 898. The van der Waals surface area contributed by atoms with Crippen molar-refractivity contribution in [1.29, 1.82) is 0 Å². The molecule has 0 spiro atoms. The molecular weight excluding hydrogens is 378 g/mol. The monoisotopic (exact) mass is 403 g/mol. The number of nitrogens with zero attached hydrogens (tertiary/aromatic N) is 2. The fourth-order valence-corrected chi connectivity index (χ4v) is 4.37. The van der Waals surface area contributed by atoms with Crippen molar-refractivity contribution in [1.82, 2.24) is 14.9 Å². The molecule has 28 heavy (non-hydrogen) atoms. The Hall–Kier alpha value is -2.32. The third-order valence-electron chi connectivity index (χ3n) is 4.77. The molecule has 1 aromatic heterocycles. The number of benzene rings is 1. The van der Waals surface area contributed by atoms with Gasteiger partial charge in [0.05, 0.1) is 26.0 Å². The molecule has 1 heterocycles. The number of hydrogen-bond donors (Lipinski definition) is 2. The van der Waals surface area contributed by atoms with Gasteiger partial charge in [-0.25, -0.2) is 4.79 Å². The van der Waals surface area contributed by atoms with Crippen LogP contribution >= 0.6 is 11.8 Å².